The fourth-order valence-corrected chi connectivity index (χ4v) is 7.58. The van der Waals surface area contributed by atoms with Crippen LogP contribution in [0.5, 0.6) is 0 Å². The minimum absolute atomic E-state index is 0.00299. The van der Waals surface area contributed by atoms with Crippen LogP contribution in [0.15, 0.2) is 76.8 Å². The third-order valence-electron chi connectivity index (χ3n) is 7.90. The van der Waals surface area contributed by atoms with Gasteiger partial charge in [0.1, 0.15) is 0 Å². The van der Waals surface area contributed by atoms with E-state index in [0.717, 1.165) is 28.9 Å². The zero-order valence-electron chi connectivity index (χ0n) is 25.3. The first-order valence-electron chi connectivity index (χ1n) is 14.6. The number of para-hydroxylation sites is 1. The van der Waals surface area contributed by atoms with E-state index in [1.165, 1.54) is 45.9 Å². The number of aromatic nitrogens is 3. The van der Waals surface area contributed by atoms with Gasteiger partial charge in [-0.25, -0.2) is 8.42 Å². The Morgan fingerprint density at radius 1 is 0.932 bits per heavy atom. The minimum Gasteiger partial charge on any atom is -0.345 e. The molecule has 1 aliphatic heterocycles. The number of sulfonamides is 1. The lowest BCUT2D eigenvalue weighted by atomic mass is 10.1. The molecule has 1 aromatic heterocycles. The normalized spacial score (nSPS) is 12.9. The molecule has 0 aliphatic carbocycles. The molecule has 0 spiro atoms. The molecule has 0 saturated heterocycles. The maximum absolute atomic E-state index is 13.2. The molecule has 2 heterocycles. The zero-order valence-corrected chi connectivity index (χ0v) is 26.9. The summed E-state index contributed by atoms with van der Waals surface area (Å²) in [5, 5.41) is 12.2. The summed E-state index contributed by atoms with van der Waals surface area (Å²) in [4.78, 5) is 28.3. The average molecular weight is 633 g/mol. The quantitative estimate of drug-likeness (QED) is 0.242. The Morgan fingerprint density at radius 3 is 2.36 bits per heavy atom. The van der Waals surface area contributed by atoms with Crippen molar-refractivity contribution in [3.05, 3.63) is 94.8 Å². The van der Waals surface area contributed by atoms with Crippen LogP contribution in [0.3, 0.4) is 0 Å². The Morgan fingerprint density at radius 2 is 1.64 bits per heavy atom. The SMILES string of the molecule is CCN(CC)S(=O)(=O)c1ccc(C(=O)NCc2nnc(SCC(=O)N3CCc4ccccc43)n2-c2cccc(C)c2C)cc1. The first-order chi connectivity index (χ1) is 21.1. The number of benzene rings is 3. The zero-order chi connectivity index (χ0) is 31.4. The van der Waals surface area contributed by atoms with E-state index in [2.05, 4.69) is 21.6 Å². The highest BCUT2D eigenvalue weighted by Gasteiger charge is 2.26. The summed E-state index contributed by atoms with van der Waals surface area (Å²) < 4.78 is 28.9. The van der Waals surface area contributed by atoms with Crippen molar-refractivity contribution in [1.29, 1.82) is 0 Å². The number of aryl methyl sites for hydroxylation is 1. The molecule has 2 amide bonds. The van der Waals surface area contributed by atoms with E-state index in [0.29, 0.717) is 36.2 Å². The number of hydrogen-bond acceptors (Lipinski definition) is 7. The van der Waals surface area contributed by atoms with Crippen molar-refractivity contribution in [3.8, 4) is 5.69 Å². The Kier molecular flexibility index (Phi) is 9.52. The van der Waals surface area contributed by atoms with Crippen LogP contribution in [0.4, 0.5) is 5.69 Å². The van der Waals surface area contributed by atoms with Gasteiger partial charge in [0.15, 0.2) is 11.0 Å². The molecule has 1 aliphatic rings. The van der Waals surface area contributed by atoms with Gasteiger partial charge in [0.25, 0.3) is 5.91 Å². The monoisotopic (exact) mass is 632 g/mol. The number of amides is 2. The van der Waals surface area contributed by atoms with E-state index >= 15 is 0 Å². The van der Waals surface area contributed by atoms with Crippen LogP contribution in [0, 0.1) is 13.8 Å². The lowest BCUT2D eigenvalue weighted by molar-refractivity contribution is -0.116. The summed E-state index contributed by atoms with van der Waals surface area (Å²) in [5.74, 6) is 0.322. The molecular formula is C32H36N6O4S2. The molecule has 0 saturated carbocycles. The van der Waals surface area contributed by atoms with Crippen LogP contribution in [-0.2, 0) is 27.8 Å². The third-order valence-corrected chi connectivity index (χ3v) is 10.9. The fraction of sp³-hybridized carbons (Fsp3) is 0.312. The number of hydrogen-bond donors (Lipinski definition) is 1. The number of anilines is 1. The number of thioether (sulfide) groups is 1. The third kappa shape index (κ3) is 6.28. The molecule has 0 radical (unpaired) electrons. The molecule has 4 aromatic rings. The molecule has 10 nitrogen and oxygen atoms in total. The number of fused-ring (bicyclic) bond motifs is 1. The standard InChI is InChI=1S/C32H36N6O4S2/c1-5-36(6-2)44(41,42)26-16-14-25(15-17-26)31(40)33-20-29-34-35-32(38(29)27-13-9-10-22(3)23(27)4)43-21-30(39)37-19-18-24-11-7-8-12-28(24)37/h7-17H,5-6,18-21H2,1-4H3,(H,33,40). The maximum Gasteiger partial charge on any atom is 0.251 e. The minimum atomic E-state index is -3.62. The molecule has 44 heavy (non-hydrogen) atoms. The predicted molar refractivity (Wildman–Crippen MR) is 172 cm³/mol. The fourth-order valence-electron chi connectivity index (χ4n) is 5.28. The van der Waals surface area contributed by atoms with E-state index < -0.39 is 10.0 Å². The predicted octanol–water partition coefficient (Wildman–Crippen LogP) is 4.53. The lowest BCUT2D eigenvalue weighted by Crippen LogP contribution is -2.30. The Labute approximate surface area is 262 Å². The van der Waals surface area contributed by atoms with Gasteiger partial charge in [0.2, 0.25) is 15.9 Å². The summed E-state index contributed by atoms with van der Waals surface area (Å²) in [6.45, 7) is 9.07. The van der Waals surface area contributed by atoms with Crippen LogP contribution in [0.2, 0.25) is 0 Å². The molecule has 0 fully saturated rings. The molecule has 0 bridgehead atoms. The first kappa shape index (κ1) is 31.4. The van der Waals surface area contributed by atoms with E-state index in [9.17, 15) is 18.0 Å². The molecule has 0 unspecified atom stereocenters. The summed E-state index contributed by atoms with van der Waals surface area (Å²) in [7, 11) is -3.62. The second-order valence-electron chi connectivity index (χ2n) is 10.5. The second kappa shape index (κ2) is 13.3. The molecule has 5 rings (SSSR count). The van der Waals surface area contributed by atoms with Crippen LogP contribution >= 0.6 is 11.8 Å². The van der Waals surface area contributed by atoms with Crippen LogP contribution in [0.25, 0.3) is 5.69 Å². The smallest absolute Gasteiger partial charge is 0.251 e. The molecule has 1 N–H and O–H groups in total. The summed E-state index contributed by atoms with van der Waals surface area (Å²) in [6, 6.07) is 19.8. The van der Waals surface area contributed by atoms with Gasteiger partial charge in [-0.05, 0) is 73.4 Å². The van der Waals surface area contributed by atoms with Gasteiger partial charge in [-0.1, -0.05) is 55.9 Å². The number of carbonyl (C=O) groups is 2. The van der Waals surface area contributed by atoms with Gasteiger partial charge in [-0.2, -0.15) is 4.31 Å². The van der Waals surface area contributed by atoms with Crippen LogP contribution in [-0.4, -0.2) is 64.7 Å². The molecule has 230 valence electrons. The van der Waals surface area contributed by atoms with E-state index in [1.54, 1.807) is 13.8 Å². The highest BCUT2D eigenvalue weighted by Crippen LogP contribution is 2.30. The van der Waals surface area contributed by atoms with E-state index in [1.807, 2.05) is 59.7 Å². The Hall–Kier alpha value is -4.00. The number of nitrogens with one attached hydrogen (secondary N) is 1. The maximum atomic E-state index is 13.2. The Balaban J connectivity index is 1.34. The molecular weight excluding hydrogens is 597 g/mol. The van der Waals surface area contributed by atoms with Gasteiger partial charge < -0.3 is 10.2 Å². The van der Waals surface area contributed by atoms with Crippen molar-refractivity contribution >= 4 is 39.3 Å². The lowest BCUT2D eigenvalue weighted by Gasteiger charge is -2.18. The van der Waals surface area contributed by atoms with Gasteiger partial charge in [-0.3, -0.25) is 14.2 Å². The topological polar surface area (TPSA) is 118 Å². The summed E-state index contributed by atoms with van der Waals surface area (Å²) >= 11 is 1.31. The molecule has 3 aromatic carbocycles. The van der Waals surface area contributed by atoms with Gasteiger partial charge in [0.05, 0.1) is 22.9 Å². The van der Waals surface area contributed by atoms with Crippen molar-refractivity contribution < 1.29 is 18.0 Å². The second-order valence-corrected chi connectivity index (χ2v) is 13.3. The van der Waals surface area contributed by atoms with Crippen molar-refractivity contribution in [2.45, 2.75) is 50.7 Å². The van der Waals surface area contributed by atoms with Crippen molar-refractivity contribution in [3.63, 3.8) is 0 Å². The van der Waals surface area contributed by atoms with E-state index in [-0.39, 0.29) is 29.0 Å². The highest BCUT2D eigenvalue weighted by molar-refractivity contribution is 7.99. The molecule has 12 heteroatoms. The largest absolute Gasteiger partial charge is 0.345 e. The number of rotatable bonds is 11. The van der Waals surface area contributed by atoms with Crippen molar-refractivity contribution in [2.75, 3.05) is 30.3 Å². The highest BCUT2D eigenvalue weighted by atomic mass is 32.2. The number of carbonyl (C=O) groups excluding carboxylic acids is 2. The number of nitrogens with zero attached hydrogens (tertiary/aromatic N) is 5. The van der Waals surface area contributed by atoms with E-state index in [4.69, 9.17) is 0 Å². The summed E-state index contributed by atoms with van der Waals surface area (Å²) in [6.07, 6.45) is 0.837. The molecule has 0 atom stereocenters. The van der Waals surface area contributed by atoms with Crippen molar-refractivity contribution in [2.24, 2.45) is 0 Å². The Bertz CT molecular complexity index is 1780. The van der Waals surface area contributed by atoms with Crippen LogP contribution < -0.4 is 10.2 Å². The van der Waals surface area contributed by atoms with Gasteiger partial charge in [-0.15, -0.1) is 10.2 Å². The van der Waals surface area contributed by atoms with Gasteiger partial charge in [0, 0.05) is 30.9 Å². The average Bonchev–Trinajstić information content (AvgIpc) is 3.65. The summed E-state index contributed by atoms with van der Waals surface area (Å²) in [5.41, 5.74) is 5.44. The van der Waals surface area contributed by atoms with Gasteiger partial charge >= 0.3 is 0 Å². The van der Waals surface area contributed by atoms with Crippen molar-refractivity contribution in [1.82, 2.24) is 24.4 Å². The van der Waals surface area contributed by atoms with Crippen LogP contribution in [0.1, 0.15) is 46.7 Å². The first-order valence-corrected chi connectivity index (χ1v) is 17.0.